The summed E-state index contributed by atoms with van der Waals surface area (Å²) in [6.07, 6.45) is -2.98. The van der Waals surface area contributed by atoms with E-state index < -0.39 is 17.8 Å². The lowest BCUT2D eigenvalue weighted by molar-refractivity contribution is -0.141. The van der Waals surface area contributed by atoms with E-state index in [9.17, 15) is 18.0 Å². The fraction of sp³-hybridized carbons (Fsp3) is 0.167. The number of halogens is 4. The molecule has 1 amide bonds. The summed E-state index contributed by atoms with van der Waals surface area (Å²) in [4.78, 5) is 25.4. The van der Waals surface area contributed by atoms with Gasteiger partial charge in [0.15, 0.2) is 0 Å². The summed E-state index contributed by atoms with van der Waals surface area (Å²) < 4.78 is 38.5. The molecule has 0 fully saturated rings. The topological polar surface area (TPSA) is 67.8 Å². The third-order valence-electron chi connectivity index (χ3n) is 5.36. The van der Waals surface area contributed by atoms with Crippen LogP contribution in [0, 0.1) is 20.8 Å². The van der Waals surface area contributed by atoms with E-state index in [4.69, 9.17) is 16.6 Å². The molecule has 0 bridgehead atoms. The van der Waals surface area contributed by atoms with Crippen LogP contribution in [0.4, 0.5) is 18.9 Å². The highest BCUT2D eigenvalue weighted by Crippen LogP contribution is 2.32. The number of pyridine rings is 1. The van der Waals surface area contributed by atoms with Gasteiger partial charge in [-0.1, -0.05) is 17.7 Å². The highest BCUT2D eigenvalue weighted by atomic mass is 35.5. The number of alkyl halides is 3. The Bertz CT molecular complexity index is 1400. The Hall–Kier alpha value is -3.52. The minimum absolute atomic E-state index is 0.0252. The number of aromatic nitrogens is 3. The van der Waals surface area contributed by atoms with Gasteiger partial charge in [0.25, 0.3) is 5.91 Å². The van der Waals surface area contributed by atoms with E-state index in [1.807, 2.05) is 26.0 Å². The van der Waals surface area contributed by atoms with Crippen LogP contribution in [0.5, 0.6) is 0 Å². The lowest BCUT2D eigenvalue weighted by Crippen LogP contribution is -2.16. The molecular weight excluding hydrogens is 453 g/mol. The minimum Gasteiger partial charge on any atom is -0.322 e. The van der Waals surface area contributed by atoms with Crippen LogP contribution in [-0.4, -0.2) is 20.9 Å². The lowest BCUT2D eigenvalue weighted by atomic mass is 10.1. The van der Waals surface area contributed by atoms with Crippen LogP contribution in [0.25, 0.3) is 22.3 Å². The normalized spacial score (nSPS) is 11.6. The third-order valence-corrected chi connectivity index (χ3v) is 5.69. The first kappa shape index (κ1) is 22.7. The Morgan fingerprint density at radius 2 is 1.76 bits per heavy atom. The van der Waals surface area contributed by atoms with Gasteiger partial charge in [0.05, 0.1) is 39.2 Å². The molecule has 33 heavy (non-hydrogen) atoms. The number of carbonyl (C=O) groups is 1. The van der Waals surface area contributed by atoms with E-state index >= 15 is 0 Å². The Labute approximate surface area is 192 Å². The Balaban J connectivity index is 1.66. The number of nitrogens with one attached hydrogen (secondary N) is 1. The standard InChI is InChI=1S/C24H18ClF3N4O/c1-12-4-8-19-22(13(12)2)32-20(11-29-19)17-10-15(5-7-18(17)25)31-23(33)16-6-9-21(24(26,27)28)30-14(16)3/h4-11H,1-3H3,(H,31,33). The first-order chi connectivity index (χ1) is 15.5. The van der Waals surface area contributed by atoms with Crippen LogP contribution in [0.3, 0.4) is 0 Å². The zero-order valence-electron chi connectivity index (χ0n) is 17.9. The van der Waals surface area contributed by atoms with Crippen molar-refractivity contribution in [3.05, 3.63) is 81.8 Å². The van der Waals surface area contributed by atoms with Gasteiger partial charge in [-0.05, 0) is 68.3 Å². The molecule has 9 heteroatoms. The molecule has 4 aromatic rings. The van der Waals surface area contributed by atoms with E-state index in [1.165, 1.54) is 6.92 Å². The Morgan fingerprint density at radius 3 is 2.45 bits per heavy atom. The number of fused-ring (bicyclic) bond motifs is 1. The van der Waals surface area contributed by atoms with Crippen molar-refractivity contribution in [2.24, 2.45) is 0 Å². The Kier molecular flexibility index (Phi) is 5.80. The smallest absolute Gasteiger partial charge is 0.322 e. The Morgan fingerprint density at radius 1 is 1.00 bits per heavy atom. The minimum atomic E-state index is -4.58. The van der Waals surface area contributed by atoms with Crippen LogP contribution in [0.2, 0.25) is 5.02 Å². The molecule has 4 rings (SSSR count). The summed E-state index contributed by atoms with van der Waals surface area (Å²) in [5.41, 5.74) is 4.06. The van der Waals surface area contributed by atoms with Gasteiger partial charge in [-0.2, -0.15) is 13.2 Å². The molecule has 0 unspecified atom stereocenters. The quantitative estimate of drug-likeness (QED) is 0.369. The molecular formula is C24H18ClF3N4O. The number of aryl methyl sites for hydroxylation is 3. The molecule has 0 aliphatic heterocycles. The lowest BCUT2D eigenvalue weighted by Gasteiger charge is -2.12. The predicted octanol–water partition coefficient (Wildman–Crippen LogP) is 6.54. The molecule has 2 aromatic carbocycles. The first-order valence-electron chi connectivity index (χ1n) is 9.93. The number of amides is 1. The van der Waals surface area contributed by atoms with Crippen molar-refractivity contribution in [2.45, 2.75) is 26.9 Å². The van der Waals surface area contributed by atoms with E-state index in [0.29, 0.717) is 22.0 Å². The number of rotatable bonds is 3. The number of hydrogen-bond acceptors (Lipinski definition) is 4. The highest BCUT2D eigenvalue weighted by Gasteiger charge is 2.33. The zero-order chi connectivity index (χ0) is 23.9. The maximum Gasteiger partial charge on any atom is 0.433 e. The van der Waals surface area contributed by atoms with E-state index in [-0.39, 0.29) is 11.3 Å². The van der Waals surface area contributed by atoms with Gasteiger partial charge < -0.3 is 5.32 Å². The van der Waals surface area contributed by atoms with Crippen molar-refractivity contribution in [3.63, 3.8) is 0 Å². The van der Waals surface area contributed by atoms with Gasteiger partial charge in [-0.25, -0.2) is 9.97 Å². The van der Waals surface area contributed by atoms with E-state index in [1.54, 1.807) is 24.4 Å². The van der Waals surface area contributed by atoms with Gasteiger partial charge in [0.2, 0.25) is 0 Å². The molecule has 168 valence electrons. The van der Waals surface area contributed by atoms with Crippen LogP contribution in [0.15, 0.2) is 48.7 Å². The van der Waals surface area contributed by atoms with Crippen molar-refractivity contribution < 1.29 is 18.0 Å². The molecule has 0 saturated heterocycles. The zero-order valence-corrected chi connectivity index (χ0v) is 18.6. The summed E-state index contributed by atoms with van der Waals surface area (Å²) in [6.45, 7) is 5.31. The van der Waals surface area contributed by atoms with Gasteiger partial charge in [0, 0.05) is 11.3 Å². The van der Waals surface area contributed by atoms with Crippen LogP contribution in [-0.2, 0) is 6.18 Å². The average molecular weight is 471 g/mol. The maximum atomic E-state index is 12.8. The fourth-order valence-corrected chi connectivity index (χ4v) is 3.61. The van der Waals surface area contributed by atoms with Crippen LogP contribution in [0.1, 0.15) is 32.9 Å². The summed E-state index contributed by atoms with van der Waals surface area (Å²) >= 11 is 6.39. The third kappa shape index (κ3) is 4.52. The monoisotopic (exact) mass is 470 g/mol. The largest absolute Gasteiger partial charge is 0.433 e. The molecule has 2 heterocycles. The summed E-state index contributed by atoms with van der Waals surface area (Å²) in [7, 11) is 0. The van der Waals surface area contributed by atoms with Gasteiger partial charge in [-0.3, -0.25) is 9.78 Å². The number of carbonyl (C=O) groups excluding carboxylic acids is 1. The molecule has 2 aromatic heterocycles. The number of anilines is 1. The van der Waals surface area contributed by atoms with Crippen molar-refractivity contribution in [1.29, 1.82) is 0 Å². The number of hydrogen-bond donors (Lipinski definition) is 1. The maximum absolute atomic E-state index is 12.8. The molecule has 5 nitrogen and oxygen atoms in total. The summed E-state index contributed by atoms with van der Waals surface area (Å²) in [6, 6.07) is 10.6. The van der Waals surface area contributed by atoms with Gasteiger partial charge in [-0.15, -0.1) is 0 Å². The van der Waals surface area contributed by atoms with Crippen molar-refractivity contribution in [2.75, 3.05) is 5.32 Å². The highest BCUT2D eigenvalue weighted by molar-refractivity contribution is 6.33. The first-order valence-corrected chi connectivity index (χ1v) is 10.3. The molecule has 0 atom stereocenters. The predicted molar refractivity (Wildman–Crippen MR) is 121 cm³/mol. The van der Waals surface area contributed by atoms with E-state index in [2.05, 4.69) is 15.3 Å². The van der Waals surface area contributed by atoms with Crippen LogP contribution < -0.4 is 5.32 Å². The number of benzene rings is 2. The average Bonchev–Trinajstić information content (AvgIpc) is 2.76. The van der Waals surface area contributed by atoms with Crippen LogP contribution >= 0.6 is 11.6 Å². The van der Waals surface area contributed by atoms with Crippen molar-refractivity contribution >= 4 is 34.2 Å². The molecule has 0 aliphatic rings. The number of nitrogens with zero attached hydrogens (tertiary/aromatic N) is 3. The molecule has 0 radical (unpaired) electrons. The van der Waals surface area contributed by atoms with Crippen molar-refractivity contribution in [1.82, 2.24) is 15.0 Å². The van der Waals surface area contributed by atoms with Crippen molar-refractivity contribution in [3.8, 4) is 11.3 Å². The summed E-state index contributed by atoms with van der Waals surface area (Å²) in [5.74, 6) is -0.585. The second-order valence-corrected chi connectivity index (χ2v) is 8.01. The SMILES string of the molecule is Cc1ccc2ncc(-c3cc(NC(=O)c4ccc(C(F)(F)F)nc4C)ccc3Cl)nc2c1C. The van der Waals surface area contributed by atoms with Gasteiger partial charge >= 0.3 is 6.18 Å². The molecule has 0 aliphatic carbocycles. The van der Waals surface area contributed by atoms with Gasteiger partial charge in [0.1, 0.15) is 5.69 Å². The second-order valence-electron chi connectivity index (χ2n) is 7.61. The molecule has 1 N–H and O–H groups in total. The second kappa shape index (κ2) is 8.44. The van der Waals surface area contributed by atoms with E-state index in [0.717, 1.165) is 34.3 Å². The fourth-order valence-electron chi connectivity index (χ4n) is 3.40. The molecule has 0 saturated carbocycles. The molecule has 0 spiro atoms. The summed E-state index contributed by atoms with van der Waals surface area (Å²) in [5, 5.41) is 3.10.